The zero-order chi connectivity index (χ0) is 17.6. The standard InChI is InChI=1S/C18H13Cl2N3O2/c19-14-7-6-13(17(20)10-14)12-25-18(24)22-15-8-9-23(21-11-15)16-4-2-1-3-5-16/h1-11H,12H2. The maximum Gasteiger partial charge on any atom is 0.434 e. The molecule has 126 valence electrons. The highest BCUT2D eigenvalue weighted by Crippen LogP contribution is 2.21. The molecule has 0 bridgehead atoms. The summed E-state index contributed by atoms with van der Waals surface area (Å²) in [6.07, 6.45) is 2.49. The number of rotatable bonds is 3. The zero-order valence-electron chi connectivity index (χ0n) is 13.0. The van der Waals surface area contributed by atoms with Crippen molar-refractivity contribution in [1.29, 1.82) is 0 Å². The molecule has 1 amide bonds. The lowest BCUT2D eigenvalue weighted by molar-refractivity contribution is 0.150. The smallest absolute Gasteiger partial charge is 0.434 e. The van der Waals surface area contributed by atoms with Gasteiger partial charge in [0.1, 0.15) is 6.61 Å². The fourth-order valence-corrected chi connectivity index (χ4v) is 2.53. The van der Waals surface area contributed by atoms with Crippen molar-refractivity contribution in [2.45, 2.75) is 6.61 Å². The van der Waals surface area contributed by atoms with Crippen molar-refractivity contribution >= 4 is 29.3 Å². The topological polar surface area (TPSA) is 56.5 Å². The van der Waals surface area contributed by atoms with E-state index >= 15 is 0 Å². The lowest BCUT2D eigenvalue weighted by Gasteiger charge is -2.05. The number of hydrogen-bond donors (Lipinski definition) is 0. The van der Waals surface area contributed by atoms with Crippen LogP contribution in [0.1, 0.15) is 5.56 Å². The van der Waals surface area contributed by atoms with Gasteiger partial charge in [0.25, 0.3) is 0 Å². The van der Waals surface area contributed by atoms with E-state index < -0.39 is 6.09 Å². The Labute approximate surface area is 154 Å². The van der Waals surface area contributed by atoms with Crippen molar-refractivity contribution in [3.63, 3.8) is 0 Å². The van der Waals surface area contributed by atoms with Gasteiger partial charge < -0.3 is 4.74 Å². The molecular formula is C18H13Cl2N3O2. The molecule has 0 aliphatic carbocycles. The molecule has 0 unspecified atom stereocenters. The highest BCUT2D eigenvalue weighted by Gasteiger charge is 2.05. The number of halogens is 2. The maximum absolute atomic E-state index is 11.8. The molecule has 0 saturated carbocycles. The number of benzene rings is 2. The van der Waals surface area contributed by atoms with Gasteiger partial charge in [0.15, 0.2) is 0 Å². The molecule has 0 spiro atoms. The molecule has 3 aromatic rings. The largest absolute Gasteiger partial charge is 0.443 e. The molecule has 2 aromatic carbocycles. The maximum atomic E-state index is 11.8. The summed E-state index contributed by atoms with van der Waals surface area (Å²) in [6.45, 7) is 0.0165. The second-order valence-corrected chi connectivity index (χ2v) is 5.91. The molecule has 0 N–H and O–H groups in total. The van der Waals surface area contributed by atoms with Crippen molar-refractivity contribution in [2.24, 2.45) is 4.99 Å². The third kappa shape index (κ3) is 4.68. The van der Waals surface area contributed by atoms with E-state index in [9.17, 15) is 4.79 Å². The molecule has 0 saturated heterocycles. The summed E-state index contributed by atoms with van der Waals surface area (Å²) in [5.41, 5.74) is 1.57. The van der Waals surface area contributed by atoms with Crippen LogP contribution in [0.4, 0.5) is 4.79 Å². The number of carbonyl (C=O) groups is 1. The molecular weight excluding hydrogens is 361 g/mol. The first-order valence-electron chi connectivity index (χ1n) is 7.38. The summed E-state index contributed by atoms with van der Waals surface area (Å²) < 4.78 is 6.78. The highest BCUT2D eigenvalue weighted by molar-refractivity contribution is 6.35. The predicted octanol–water partition coefficient (Wildman–Crippen LogP) is 4.42. The van der Waals surface area contributed by atoms with Crippen LogP contribution in [0.2, 0.25) is 10.0 Å². The van der Waals surface area contributed by atoms with Crippen molar-refractivity contribution in [3.05, 3.63) is 88.0 Å². The van der Waals surface area contributed by atoms with Crippen molar-refractivity contribution in [3.8, 4) is 5.69 Å². The van der Waals surface area contributed by atoms with E-state index in [-0.39, 0.29) is 6.61 Å². The van der Waals surface area contributed by atoms with Gasteiger partial charge in [0.2, 0.25) is 0 Å². The van der Waals surface area contributed by atoms with Crippen LogP contribution in [0, 0.1) is 0 Å². The summed E-state index contributed by atoms with van der Waals surface area (Å²) in [5.74, 6) is 0. The molecule has 0 fully saturated rings. The molecule has 3 rings (SSSR count). The van der Waals surface area contributed by atoms with Gasteiger partial charge in [0.05, 0.1) is 17.2 Å². The number of hydrogen-bond acceptors (Lipinski definition) is 3. The normalized spacial score (nSPS) is 11.4. The van der Waals surface area contributed by atoms with Crippen LogP contribution in [0.15, 0.2) is 72.0 Å². The summed E-state index contributed by atoms with van der Waals surface area (Å²) in [5, 5.41) is 5.58. The van der Waals surface area contributed by atoms with E-state index in [1.54, 1.807) is 35.1 Å². The van der Waals surface area contributed by atoms with Gasteiger partial charge in [-0.15, -0.1) is 0 Å². The van der Waals surface area contributed by atoms with Crippen molar-refractivity contribution < 1.29 is 9.53 Å². The molecule has 5 nitrogen and oxygen atoms in total. The fourth-order valence-electron chi connectivity index (χ4n) is 2.07. The Balaban J connectivity index is 1.67. The van der Waals surface area contributed by atoms with Crippen LogP contribution in [0.3, 0.4) is 0 Å². The Kier molecular flexibility index (Phi) is 5.48. The van der Waals surface area contributed by atoms with E-state index in [4.69, 9.17) is 27.9 Å². The lowest BCUT2D eigenvalue weighted by Crippen LogP contribution is -2.12. The molecule has 0 aliphatic heterocycles. The van der Waals surface area contributed by atoms with Crippen LogP contribution < -0.4 is 5.36 Å². The highest BCUT2D eigenvalue weighted by atomic mass is 35.5. The molecule has 7 heteroatoms. The molecule has 0 radical (unpaired) electrons. The van der Waals surface area contributed by atoms with Crippen LogP contribution in [-0.2, 0) is 11.3 Å². The minimum atomic E-state index is -0.717. The fraction of sp³-hybridized carbons (Fsp3) is 0.0556. The third-order valence-corrected chi connectivity index (χ3v) is 3.90. The summed E-state index contributed by atoms with van der Waals surface area (Å²) in [6, 6.07) is 16.3. The number of amides is 1. The minimum absolute atomic E-state index is 0.0165. The second kappa shape index (κ2) is 7.96. The van der Waals surface area contributed by atoms with E-state index in [0.717, 1.165) is 5.69 Å². The third-order valence-electron chi connectivity index (χ3n) is 3.31. The predicted molar refractivity (Wildman–Crippen MR) is 95.8 cm³/mol. The van der Waals surface area contributed by atoms with Gasteiger partial charge in [0, 0.05) is 21.8 Å². The zero-order valence-corrected chi connectivity index (χ0v) is 14.5. The first-order valence-corrected chi connectivity index (χ1v) is 8.13. The Morgan fingerprint density at radius 2 is 1.92 bits per heavy atom. The molecule has 0 aliphatic rings. The summed E-state index contributed by atoms with van der Waals surface area (Å²) in [7, 11) is 0. The van der Waals surface area contributed by atoms with Gasteiger partial charge in [-0.05, 0) is 30.3 Å². The van der Waals surface area contributed by atoms with E-state index in [2.05, 4.69) is 10.1 Å². The Hall–Kier alpha value is -2.63. The number of nitrogens with zero attached hydrogens (tertiary/aromatic N) is 3. The quantitative estimate of drug-likeness (QED) is 0.682. The van der Waals surface area contributed by atoms with Gasteiger partial charge in [-0.2, -0.15) is 10.1 Å². The van der Waals surface area contributed by atoms with Gasteiger partial charge in [-0.3, -0.25) is 0 Å². The van der Waals surface area contributed by atoms with Crippen LogP contribution >= 0.6 is 23.2 Å². The number of aromatic nitrogens is 2. The van der Waals surface area contributed by atoms with Gasteiger partial charge >= 0.3 is 6.09 Å². The monoisotopic (exact) mass is 373 g/mol. The van der Waals surface area contributed by atoms with E-state index in [1.165, 1.54) is 6.20 Å². The molecule has 1 aromatic heterocycles. The van der Waals surface area contributed by atoms with Crippen LogP contribution in [0.5, 0.6) is 0 Å². The van der Waals surface area contributed by atoms with Crippen molar-refractivity contribution in [2.75, 3.05) is 0 Å². The minimum Gasteiger partial charge on any atom is -0.443 e. The average molecular weight is 374 g/mol. The van der Waals surface area contributed by atoms with Crippen LogP contribution in [-0.4, -0.2) is 15.9 Å². The number of para-hydroxylation sites is 1. The second-order valence-electron chi connectivity index (χ2n) is 5.07. The number of ether oxygens (including phenoxy) is 1. The van der Waals surface area contributed by atoms with Crippen LogP contribution in [0.25, 0.3) is 5.69 Å². The average Bonchev–Trinajstić information content (AvgIpc) is 2.62. The van der Waals surface area contributed by atoms with E-state index in [1.807, 2.05) is 30.3 Å². The first kappa shape index (κ1) is 17.2. The lowest BCUT2D eigenvalue weighted by atomic mass is 10.2. The summed E-state index contributed by atoms with van der Waals surface area (Å²) in [4.78, 5) is 15.7. The van der Waals surface area contributed by atoms with Crippen molar-refractivity contribution in [1.82, 2.24) is 9.78 Å². The Morgan fingerprint density at radius 3 is 2.60 bits per heavy atom. The van der Waals surface area contributed by atoms with E-state index in [0.29, 0.717) is 21.0 Å². The van der Waals surface area contributed by atoms with Gasteiger partial charge in [-0.25, -0.2) is 9.48 Å². The molecule has 0 atom stereocenters. The van der Waals surface area contributed by atoms with Gasteiger partial charge in [-0.1, -0.05) is 47.5 Å². The summed E-state index contributed by atoms with van der Waals surface area (Å²) >= 11 is 11.9. The molecule has 1 heterocycles. The SMILES string of the molecule is O=C(N=c1ccn(-c2ccccc2)nc1)OCc1ccc(Cl)cc1Cl. The Morgan fingerprint density at radius 1 is 1.12 bits per heavy atom. The molecule has 25 heavy (non-hydrogen) atoms. The number of carbonyl (C=O) groups excluding carboxylic acids is 1. The first-order chi connectivity index (χ1) is 12.1. The Bertz CT molecular complexity index is 936.